The molecular weight excluding hydrogens is 454 g/mol. The van der Waals surface area contributed by atoms with Gasteiger partial charge in [0.05, 0.1) is 12.8 Å². The third-order valence-corrected chi connectivity index (χ3v) is 6.30. The molecule has 1 heterocycles. The number of unbranched alkanes of at least 4 members (excludes halogenated alkanes) is 3. The molecule has 0 bridgehead atoms. The van der Waals surface area contributed by atoms with Gasteiger partial charge in [0.15, 0.2) is 5.60 Å². The largest absolute Gasteiger partial charge is 0.508 e. The summed E-state index contributed by atoms with van der Waals surface area (Å²) < 4.78 is 0. The second-order valence-electron chi connectivity index (χ2n) is 9.99. The van der Waals surface area contributed by atoms with E-state index < -0.39 is 36.4 Å². The zero-order valence-corrected chi connectivity index (χ0v) is 21.1. The van der Waals surface area contributed by atoms with E-state index in [-0.39, 0.29) is 5.41 Å². The molecule has 1 aromatic rings. The van der Waals surface area contributed by atoms with E-state index in [1.807, 2.05) is 12.1 Å². The fourth-order valence-corrected chi connectivity index (χ4v) is 4.76. The molecule has 0 aliphatic carbocycles. The first kappa shape index (κ1) is 30.4. The quantitative estimate of drug-likeness (QED) is 0.257. The summed E-state index contributed by atoms with van der Waals surface area (Å²) in [7, 11) is 0. The topological polar surface area (TPSA) is 156 Å². The minimum absolute atomic E-state index is 0.234. The predicted octanol–water partition coefficient (Wildman–Crippen LogP) is 3.71. The van der Waals surface area contributed by atoms with Crippen molar-refractivity contribution in [3.8, 4) is 5.75 Å². The molecule has 1 aliphatic rings. The number of carboxylic acids is 3. The Morgan fingerprint density at radius 1 is 1.06 bits per heavy atom. The Morgan fingerprint density at radius 2 is 1.69 bits per heavy atom. The number of likely N-dealkylation sites (tertiary alicyclic amines) is 1. The van der Waals surface area contributed by atoms with Gasteiger partial charge in [-0.25, -0.2) is 4.79 Å². The van der Waals surface area contributed by atoms with Crippen molar-refractivity contribution in [2.24, 2.45) is 5.92 Å². The number of phenolic OH excluding ortho intramolecular Hbond substituents is 1. The van der Waals surface area contributed by atoms with Crippen molar-refractivity contribution in [1.82, 2.24) is 4.90 Å². The molecule has 1 fully saturated rings. The average molecular weight is 496 g/mol. The van der Waals surface area contributed by atoms with Gasteiger partial charge < -0.3 is 30.4 Å². The Labute approximate surface area is 207 Å². The van der Waals surface area contributed by atoms with Crippen LogP contribution in [0.25, 0.3) is 0 Å². The van der Waals surface area contributed by atoms with Crippen LogP contribution in [0.2, 0.25) is 0 Å². The maximum Gasteiger partial charge on any atom is 0.336 e. The number of hydrogen-bond donors (Lipinski definition) is 5. The number of carboxylic acid groups (broad SMARTS) is 3. The lowest BCUT2D eigenvalue weighted by Gasteiger charge is -2.32. The van der Waals surface area contributed by atoms with Crippen molar-refractivity contribution >= 4 is 17.9 Å². The number of aromatic hydroxyl groups is 1. The summed E-state index contributed by atoms with van der Waals surface area (Å²) in [6, 6.07) is 7.98. The van der Waals surface area contributed by atoms with Gasteiger partial charge >= 0.3 is 17.9 Å². The van der Waals surface area contributed by atoms with E-state index in [4.69, 9.17) is 20.4 Å². The minimum Gasteiger partial charge on any atom is -0.508 e. The lowest BCUT2D eigenvalue weighted by molar-refractivity contribution is -0.170. The third-order valence-electron chi connectivity index (χ3n) is 6.30. The van der Waals surface area contributed by atoms with E-state index in [0.717, 1.165) is 6.54 Å². The molecule has 1 atom stereocenters. The normalized spacial score (nSPS) is 18.2. The minimum atomic E-state index is -2.74. The van der Waals surface area contributed by atoms with Gasteiger partial charge in [-0.2, -0.15) is 0 Å². The molecule has 1 saturated heterocycles. The second kappa shape index (κ2) is 14.0. The van der Waals surface area contributed by atoms with Crippen LogP contribution >= 0.6 is 0 Å². The summed E-state index contributed by atoms with van der Waals surface area (Å²) in [5.74, 6) is -3.93. The van der Waals surface area contributed by atoms with Crippen LogP contribution in [0.5, 0.6) is 5.75 Å². The summed E-state index contributed by atoms with van der Waals surface area (Å²) >= 11 is 0. The molecule has 1 aromatic carbocycles. The van der Waals surface area contributed by atoms with Gasteiger partial charge in [0.1, 0.15) is 5.75 Å². The molecule has 2 rings (SSSR count). The van der Waals surface area contributed by atoms with Crippen LogP contribution in [0.15, 0.2) is 24.3 Å². The van der Waals surface area contributed by atoms with Crippen molar-refractivity contribution in [2.45, 2.75) is 83.2 Å². The van der Waals surface area contributed by atoms with Gasteiger partial charge in [-0.1, -0.05) is 52.2 Å². The molecule has 35 heavy (non-hydrogen) atoms. The lowest BCUT2D eigenvalue weighted by atomic mass is 9.73. The molecule has 9 heteroatoms. The molecular formula is C26H41NO8. The number of phenols is 1. The highest BCUT2D eigenvalue weighted by Crippen LogP contribution is 2.41. The first-order chi connectivity index (χ1) is 16.3. The summed E-state index contributed by atoms with van der Waals surface area (Å²) in [6.45, 7) is 10.5. The Kier molecular flexibility index (Phi) is 12.2. The fraction of sp³-hybridized carbons (Fsp3) is 0.654. The van der Waals surface area contributed by atoms with E-state index in [0.29, 0.717) is 11.7 Å². The van der Waals surface area contributed by atoms with Gasteiger partial charge in [0.2, 0.25) is 0 Å². The van der Waals surface area contributed by atoms with E-state index in [2.05, 4.69) is 31.7 Å². The SMILES string of the molecule is CCCCCCN1CCC(CC(C)C)(c2cccc(O)c2)C1.O=C(O)CC(O)(CC(=O)O)C(=O)O. The van der Waals surface area contributed by atoms with Crippen molar-refractivity contribution in [1.29, 1.82) is 0 Å². The first-order valence-electron chi connectivity index (χ1n) is 12.2. The maximum absolute atomic E-state index is 10.3. The van der Waals surface area contributed by atoms with E-state index in [1.54, 1.807) is 6.07 Å². The predicted molar refractivity (Wildman–Crippen MR) is 132 cm³/mol. The van der Waals surface area contributed by atoms with Crippen molar-refractivity contribution in [3.05, 3.63) is 29.8 Å². The second-order valence-corrected chi connectivity index (χ2v) is 9.99. The van der Waals surface area contributed by atoms with Crippen molar-refractivity contribution in [2.75, 3.05) is 19.6 Å². The average Bonchev–Trinajstić information content (AvgIpc) is 3.14. The van der Waals surface area contributed by atoms with Crippen LogP contribution < -0.4 is 0 Å². The van der Waals surface area contributed by atoms with E-state index >= 15 is 0 Å². The molecule has 0 radical (unpaired) electrons. The van der Waals surface area contributed by atoms with Gasteiger partial charge in [-0.15, -0.1) is 0 Å². The van der Waals surface area contributed by atoms with Crippen LogP contribution in [0, 0.1) is 5.92 Å². The highest BCUT2D eigenvalue weighted by molar-refractivity contribution is 5.88. The number of hydrogen-bond acceptors (Lipinski definition) is 6. The Balaban J connectivity index is 0.000000405. The summed E-state index contributed by atoms with van der Waals surface area (Å²) in [4.78, 5) is 33.1. The number of nitrogens with zero attached hydrogens (tertiary/aromatic N) is 1. The first-order valence-corrected chi connectivity index (χ1v) is 12.2. The van der Waals surface area contributed by atoms with Crippen molar-refractivity contribution < 1.29 is 39.9 Å². The van der Waals surface area contributed by atoms with E-state index in [9.17, 15) is 19.5 Å². The van der Waals surface area contributed by atoms with Gasteiger partial charge in [0.25, 0.3) is 0 Å². The number of rotatable bonds is 13. The molecule has 0 aromatic heterocycles. The molecule has 0 spiro atoms. The number of aliphatic hydroxyl groups is 1. The molecule has 198 valence electrons. The molecule has 0 amide bonds. The molecule has 1 aliphatic heterocycles. The molecule has 1 unspecified atom stereocenters. The van der Waals surface area contributed by atoms with E-state index in [1.165, 1.54) is 57.2 Å². The lowest BCUT2D eigenvalue weighted by Crippen LogP contribution is -2.42. The number of carbonyl (C=O) groups is 3. The summed E-state index contributed by atoms with van der Waals surface area (Å²) in [5, 5.41) is 43.7. The highest BCUT2D eigenvalue weighted by atomic mass is 16.4. The van der Waals surface area contributed by atoms with Crippen LogP contribution in [0.3, 0.4) is 0 Å². The highest BCUT2D eigenvalue weighted by Gasteiger charge is 2.41. The fourth-order valence-electron chi connectivity index (χ4n) is 4.76. The molecule has 9 nitrogen and oxygen atoms in total. The van der Waals surface area contributed by atoms with Crippen LogP contribution in [0.4, 0.5) is 0 Å². The Bertz CT molecular complexity index is 824. The molecule has 0 saturated carbocycles. The zero-order chi connectivity index (χ0) is 26.6. The number of benzene rings is 1. The maximum atomic E-state index is 10.3. The Hall–Kier alpha value is -2.65. The Morgan fingerprint density at radius 3 is 2.17 bits per heavy atom. The smallest absolute Gasteiger partial charge is 0.336 e. The zero-order valence-electron chi connectivity index (χ0n) is 21.1. The van der Waals surface area contributed by atoms with Gasteiger partial charge in [-0.3, -0.25) is 9.59 Å². The van der Waals surface area contributed by atoms with Crippen molar-refractivity contribution in [3.63, 3.8) is 0 Å². The summed E-state index contributed by atoms with van der Waals surface area (Å²) in [6.07, 6.45) is 5.49. The van der Waals surface area contributed by atoms with Crippen LogP contribution in [-0.2, 0) is 19.8 Å². The number of aliphatic carboxylic acids is 3. The van der Waals surface area contributed by atoms with Gasteiger partial charge in [0, 0.05) is 12.0 Å². The van der Waals surface area contributed by atoms with Crippen LogP contribution in [0.1, 0.15) is 77.7 Å². The monoisotopic (exact) mass is 495 g/mol. The third kappa shape index (κ3) is 10.2. The van der Waals surface area contributed by atoms with Gasteiger partial charge in [-0.05, 0) is 56.0 Å². The standard InChI is InChI=1S/C20H33NO.C6H8O7/c1-4-5-6-7-12-21-13-11-20(16-21,15-17(2)3)18-9-8-10-19(22)14-18;7-3(8)1-6(13,5(11)12)2-4(9)10/h8-10,14,17,22H,4-7,11-13,15-16H2,1-3H3;13H,1-2H2,(H,7,8)(H,9,10)(H,11,12). The molecule has 5 N–H and O–H groups in total. The van der Waals surface area contributed by atoms with Crippen LogP contribution in [-0.4, -0.2) is 73.6 Å². The summed E-state index contributed by atoms with van der Waals surface area (Å²) in [5.41, 5.74) is -1.17.